The molecule has 1 aromatic carbocycles. The highest BCUT2D eigenvalue weighted by Crippen LogP contribution is 2.28. The number of hydrogen-bond acceptors (Lipinski definition) is 4. The number of para-hydroxylation sites is 2. The minimum Gasteiger partial charge on any atom is -0.495 e. The van der Waals surface area contributed by atoms with Crippen LogP contribution in [0.3, 0.4) is 0 Å². The van der Waals surface area contributed by atoms with E-state index in [-0.39, 0.29) is 12.1 Å². The van der Waals surface area contributed by atoms with Crippen molar-refractivity contribution in [2.75, 3.05) is 38.2 Å². The van der Waals surface area contributed by atoms with E-state index in [4.69, 9.17) is 4.74 Å². The lowest BCUT2D eigenvalue weighted by molar-refractivity contribution is 0.190. The number of urea groups is 1. The quantitative estimate of drug-likeness (QED) is 0.899. The minimum atomic E-state index is -0.00714. The van der Waals surface area contributed by atoms with E-state index in [1.165, 1.54) is 0 Å². The first-order chi connectivity index (χ1) is 12.2. The summed E-state index contributed by atoms with van der Waals surface area (Å²) in [5.74, 6) is 0.870. The summed E-state index contributed by atoms with van der Waals surface area (Å²) in [6.07, 6.45) is 5.40. The number of benzene rings is 1. The standard InChI is InChI=1S/C18H25N5O2/c1-15(13-21-8-7-19-14-21)20-18(24)23-11-9-22(10-12-23)16-5-3-4-6-17(16)25-2/h3-8,14-15H,9-13H2,1-2H3,(H,20,24)/t15-/m0/s1. The van der Waals surface area contributed by atoms with Crippen LogP contribution >= 0.6 is 0 Å². The Bertz CT molecular complexity index is 681. The molecule has 1 aromatic heterocycles. The lowest BCUT2D eigenvalue weighted by Gasteiger charge is -2.37. The maximum absolute atomic E-state index is 12.5. The Morgan fingerprint density at radius 2 is 2.04 bits per heavy atom. The first-order valence-electron chi connectivity index (χ1n) is 8.56. The molecule has 0 spiro atoms. The number of amides is 2. The van der Waals surface area contributed by atoms with Gasteiger partial charge < -0.3 is 24.4 Å². The average Bonchev–Trinajstić information content (AvgIpc) is 3.14. The number of piperazine rings is 1. The fraction of sp³-hybridized carbons (Fsp3) is 0.444. The van der Waals surface area contributed by atoms with Crippen molar-refractivity contribution in [1.82, 2.24) is 19.8 Å². The number of ether oxygens (including phenoxy) is 1. The van der Waals surface area contributed by atoms with Gasteiger partial charge >= 0.3 is 6.03 Å². The van der Waals surface area contributed by atoms with Crippen LogP contribution in [0.1, 0.15) is 6.92 Å². The number of aromatic nitrogens is 2. The molecule has 2 amide bonds. The molecular weight excluding hydrogens is 318 g/mol. The van der Waals surface area contributed by atoms with Gasteiger partial charge in [-0.3, -0.25) is 0 Å². The molecule has 1 atom stereocenters. The van der Waals surface area contributed by atoms with Gasteiger partial charge in [0, 0.05) is 51.2 Å². The van der Waals surface area contributed by atoms with Gasteiger partial charge in [-0.2, -0.15) is 0 Å². The van der Waals surface area contributed by atoms with Crippen LogP contribution in [0.25, 0.3) is 0 Å². The van der Waals surface area contributed by atoms with Gasteiger partial charge in [-0.25, -0.2) is 9.78 Å². The van der Waals surface area contributed by atoms with Crippen LogP contribution in [0.5, 0.6) is 5.75 Å². The van der Waals surface area contributed by atoms with Gasteiger partial charge in [-0.05, 0) is 19.1 Å². The van der Waals surface area contributed by atoms with Gasteiger partial charge in [0.2, 0.25) is 0 Å². The zero-order chi connectivity index (χ0) is 17.6. The number of anilines is 1. The highest BCUT2D eigenvalue weighted by Gasteiger charge is 2.23. The van der Waals surface area contributed by atoms with E-state index >= 15 is 0 Å². The van der Waals surface area contributed by atoms with Gasteiger partial charge in [0.05, 0.1) is 19.1 Å². The molecule has 1 saturated heterocycles. The Hall–Kier alpha value is -2.70. The van der Waals surface area contributed by atoms with Crippen molar-refractivity contribution in [3.8, 4) is 5.75 Å². The third-order valence-electron chi connectivity index (χ3n) is 4.41. The molecule has 0 radical (unpaired) electrons. The number of carbonyl (C=O) groups is 1. The van der Waals surface area contributed by atoms with Crippen LogP contribution < -0.4 is 15.0 Å². The fourth-order valence-corrected chi connectivity index (χ4v) is 3.10. The van der Waals surface area contributed by atoms with Crippen molar-refractivity contribution < 1.29 is 9.53 Å². The van der Waals surface area contributed by atoms with E-state index in [1.807, 2.05) is 40.8 Å². The van der Waals surface area contributed by atoms with Crippen molar-refractivity contribution in [3.05, 3.63) is 43.0 Å². The van der Waals surface area contributed by atoms with Gasteiger partial charge in [0.25, 0.3) is 0 Å². The molecule has 1 fully saturated rings. The summed E-state index contributed by atoms with van der Waals surface area (Å²) < 4.78 is 7.40. The molecule has 7 heteroatoms. The maximum Gasteiger partial charge on any atom is 0.317 e. The Morgan fingerprint density at radius 1 is 1.28 bits per heavy atom. The topological polar surface area (TPSA) is 62.6 Å². The van der Waals surface area contributed by atoms with Crippen LogP contribution in [-0.2, 0) is 6.54 Å². The van der Waals surface area contributed by atoms with Crippen molar-refractivity contribution in [2.24, 2.45) is 0 Å². The summed E-state index contributed by atoms with van der Waals surface area (Å²) in [7, 11) is 1.68. The summed E-state index contributed by atoms with van der Waals surface area (Å²) in [4.78, 5) is 20.6. The zero-order valence-corrected chi connectivity index (χ0v) is 14.8. The summed E-state index contributed by atoms with van der Waals surface area (Å²) in [6.45, 7) is 5.70. The predicted molar refractivity (Wildman–Crippen MR) is 97.0 cm³/mol. The third kappa shape index (κ3) is 4.23. The summed E-state index contributed by atoms with van der Waals surface area (Å²) in [6, 6.07) is 8.04. The predicted octanol–water partition coefficient (Wildman–Crippen LogP) is 1.81. The zero-order valence-electron chi connectivity index (χ0n) is 14.8. The second-order valence-electron chi connectivity index (χ2n) is 6.26. The first kappa shape index (κ1) is 17.1. The largest absolute Gasteiger partial charge is 0.495 e. The van der Waals surface area contributed by atoms with E-state index in [0.717, 1.165) is 24.5 Å². The van der Waals surface area contributed by atoms with E-state index in [1.54, 1.807) is 19.6 Å². The van der Waals surface area contributed by atoms with E-state index in [2.05, 4.69) is 21.3 Å². The Balaban J connectivity index is 1.50. The second-order valence-corrected chi connectivity index (χ2v) is 6.26. The molecular formula is C18H25N5O2. The molecule has 2 heterocycles. The number of carbonyl (C=O) groups excluding carboxylic acids is 1. The highest BCUT2D eigenvalue weighted by atomic mass is 16.5. The van der Waals surface area contributed by atoms with Crippen LogP contribution in [-0.4, -0.2) is 59.8 Å². The van der Waals surface area contributed by atoms with Crippen molar-refractivity contribution in [2.45, 2.75) is 19.5 Å². The molecule has 1 aliphatic rings. The molecule has 0 bridgehead atoms. The SMILES string of the molecule is COc1ccccc1N1CCN(C(=O)N[C@@H](C)Cn2ccnc2)CC1. The van der Waals surface area contributed by atoms with Gasteiger partial charge in [-0.1, -0.05) is 12.1 Å². The summed E-state index contributed by atoms with van der Waals surface area (Å²) in [5.41, 5.74) is 1.08. The third-order valence-corrected chi connectivity index (χ3v) is 4.41. The van der Waals surface area contributed by atoms with Crippen molar-refractivity contribution in [1.29, 1.82) is 0 Å². The normalized spacial score (nSPS) is 15.8. The number of nitrogens with zero attached hydrogens (tertiary/aromatic N) is 4. The van der Waals surface area contributed by atoms with E-state index in [0.29, 0.717) is 19.6 Å². The molecule has 1 aliphatic heterocycles. The van der Waals surface area contributed by atoms with Crippen molar-refractivity contribution >= 4 is 11.7 Å². The summed E-state index contributed by atoms with van der Waals surface area (Å²) >= 11 is 0. The van der Waals surface area contributed by atoms with Crippen LogP contribution in [0.4, 0.5) is 10.5 Å². The number of imidazole rings is 1. The summed E-state index contributed by atoms with van der Waals surface area (Å²) in [5, 5.41) is 3.06. The molecule has 1 N–H and O–H groups in total. The second kappa shape index (κ2) is 7.92. The molecule has 3 rings (SSSR count). The van der Waals surface area contributed by atoms with Gasteiger partial charge in [0.1, 0.15) is 5.75 Å². The number of methoxy groups -OCH3 is 1. The van der Waals surface area contributed by atoms with Crippen LogP contribution in [0.15, 0.2) is 43.0 Å². The smallest absolute Gasteiger partial charge is 0.317 e. The lowest BCUT2D eigenvalue weighted by Crippen LogP contribution is -2.53. The monoisotopic (exact) mass is 343 g/mol. The lowest BCUT2D eigenvalue weighted by atomic mass is 10.2. The fourth-order valence-electron chi connectivity index (χ4n) is 3.10. The molecule has 2 aromatic rings. The highest BCUT2D eigenvalue weighted by molar-refractivity contribution is 5.75. The average molecular weight is 343 g/mol. The molecule has 0 unspecified atom stereocenters. The molecule has 7 nitrogen and oxygen atoms in total. The molecule has 25 heavy (non-hydrogen) atoms. The van der Waals surface area contributed by atoms with E-state index < -0.39 is 0 Å². The molecule has 0 saturated carbocycles. The Morgan fingerprint density at radius 3 is 2.72 bits per heavy atom. The molecule has 134 valence electrons. The Kier molecular flexibility index (Phi) is 5.42. The maximum atomic E-state index is 12.5. The van der Waals surface area contributed by atoms with Gasteiger partial charge in [-0.15, -0.1) is 0 Å². The number of rotatable bonds is 5. The Labute approximate surface area is 148 Å². The van der Waals surface area contributed by atoms with Crippen LogP contribution in [0.2, 0.25) is 0 Å². The number of nitrogens with one attached hydrogen (secondary N) is 1. The molecule has 0 aliphatic carbocycles. The minimum absolute atomic E-state index is 0.00714. The first-order valence-corrected chi connectivity index (χ1v) is 8.56. The van der Waals surface area contributed by atoms with E-state index in [9.17, 15) is 4.79 Å². The van der Waals surface area contributed by atoms with Crippen molar-refractivity contribution in [3.63, 3.8) is 0 Å². The number of hydrogen-bond donors (Lipinski definition) is 1. The van der Waals surface area contributed by atoms with Gasteiger partial charge in [0.15, 0.2) is 0 Å². The van der Waals surface area contributed by atoms with Crippen LogP contribution in [0, 0.1) is 0 Å².